The molecule has 0 spiro atoms. The van der Waals surface area contributed by atoms with Gasteiger partial charge in [-0.15, -0.1) is 0 Å². The summed E-state index contributed by atoms with van der Waals surface area (Å²) in [6.07, 6.45) is 3.35. The lowest BCUT2D eigenvalue weighted by Gasteiger charge is -2.08. The minimum absolute atomic E-state index is 0.0967. The molecule has 5 heteroatoms. The van der Waals surface area contributed by atoms with Gasteiger partial charge in [0.2, 0.25) is 0 Å². The topological polar surface area (TPSA) is 89.0 Å². The van der Waals surface area contributed by atoms with E-state index in [9.17, 15) is 4.79 Å². The Labute approximate surface area is 86.5 Å². The molecule has 0 unspecified atom stereocenters. The summed E-state index contributed by atoms with van der Waals surface area (Å²) in [5, 5.41) is 8.81. The Morgan fingerprint density at radius 2 is 2.40 bits per heavy atom. The highest BCUT2D eigenvalue weighted by Gasteiger charge is 2.27. The van der Waals surface area contributed by atoms with Crippen LogP contribution in [0.4, 0.5) is 0 Å². The number of carbonyl (C=O) groups is 1. The van der Waals surface area contributed by atoms with Gasteiger partial charge in [0, 0.05) is 6.20 Å². The molecule has 0 saturated heterocycles. The molecule has 2 rings (SSSR count). The molecular formula is C10H9N3O2. The first-order valence-corrected chi connectivity index (χ1v) is 4.58. The minimum atomic E-state index is -0.607. The third-order valence-corrected chi connectivity index (χ3v) is 2.08. The normalized spacial score (nSPS) is 14.3. The molecule has 15 heavy (non-hydrogen) atoms. The second-order valence-electron chi connectivity index (χ2n) is 3.33. The molecule has 5 nitrogen and oxygen atoms in total. The van der Waals surface area contributed by atoms with Crippen molar-refractivity contribution in [3.63, 3.8) is 0 Å². The fraction of sp³-hybridized carbons (Fsp3) is 0.300. The van der Waals surface area contributed by atoms with E-state index in [0.717, 1.165) is 12.8 Å². The highest BCUT2D eigenvalue weighted by molar-refractivity contribution is 5.96. The molecule has 1 amide bonds. The lowest BCUT2D eigenvalue weighted by Crippen LogP contribution is -2.15. The molecule has 1 aromatic rings. The Morgan fingerprint density at radius 1 is 1.67 bits per heavy atom. The first-order chi connectivity index (χ1) is 7.22. The number of primary amides is 1. The average Bonchev–Trinajstić information content (AvgIpc) is 3.01. The van der Waals surface area contributed by atoms with Crippen molar-refractivity contribution in [1.82, 2.24) is 4.98 Å². The lowest BCUT2D eigenvalue weighted by atomic mass is 10.2. The van der Waals surface area contributed by atoms with E-state index < -0.39 is 5.91 Å². The van der Waals surface area contributed by atoms with E-state index in [2.05, 4.69) is 4.98 Å². The van der Waals surface area contributed by atoms with Crippen molar-refractivity contribution in [2.45, 2.75) is 18.9 Å². The Bertz CT molecular complexity index is 446. The Morgan fingerprint density at radius 3 is 2.93 bits per heavy atom. The zero-order chi connectivity index (χ0) is 10.8. The van der Waals surface area contributed by atoms with E-state index >= 15 is 0 Å². The maximum atomic E-state index is 11.1. The maximum absolute atomic E-state index is 11.1. The van der Waals surface area contributed by atoms with E-state index in [1.165, 1.54) is 12.3 Å². The van der Waals surface area contributed by atoms with Crippen LogP contribution in [0.3, 0.4) is 0 Å². The van der Waals surface area contributed by atoms with Crippen LogP contribution in [0.15, 0.2) is 12.3 Å². The number of ether oxygens (including phenoxy) is 1. The number of amides is 1. The van der Waals surface area contributed by atoms with E-state index in [0.29, 0.717) is 0 Å². The minimum Gasteiger partial charge on any atom is -0.487 e. The summed E-state index contributed by atoms with van der Waals surface area (Å²) < 4.78 is 5.45. The zero-order valence-corrected chi connectivity index (χ0v) is 7.93. The number of aromatic nitrogens is 1. The summed E-state index contributed by atoms with van der Waals surface area (Å²) in [4.78, 5) is 14.9. The van der Waals surface area contributed by atoms with Crippen molar-refractivity contribution >= 4 is 5.91 Å². The molecule has 0 aromatic carbocycles. The number of carbonyl (C=O) groups excluding carboxylic acids is 1. The van der Waals surface area contributed by atoms with Gasteiger partial charge in [-0.1, -0.05) is 0 Å². The predicted molar refractivity (Wildman–Crippen MR) is 51.1 cm³/mol. The number of rotatable bonds is 3. The van der Waals surface area contributed by atoms with Gasteiger partial charge in [0.15, 0.2) is 11.4 Å². The predicted octanol–water partition coefficient (Wildman–Crippen LogP) is 0.593. The molecule has 1 aliphatic carbocycles. The van der Waals surface area contributed by atoms with Gasteiger partial charge in [0.05, 0.1) is 11.7 Å². The van der Waals surface area contributed by atoms with Crippen LogP contribution in [0.25, 0.3) is 0 Å². The lowest BCUT2D eigenvalue weighted by molar-refractivity contribution is 0.0995. The molecule has 0 bridgehead atoms. The van der Waals surface area contributed by atoms with E-state index in [-0.39, 0.29) is 23.1 Å². The van der Waals surface area contributed by atoms with E-state index in [1.807, 2.05) is 6.07 Å². The van der Waals surface area contributed by atoms with E-state index in [4.69, 9.17) is 15.7 Å². The monoisotopic (exact) mass is 203 g/mol. The van der Waals surface area contributed by atoms with Crippen molar-refractivity contribution in [2.75, 3.05) is 0 Å². The number of hydrogen-bond acceptors (Lipinski definition) is 4. The molecule has 2 N–H and O–H groups in total. The molecule has 1 heterocycles. The van der Waals surface area contributed by atoms with Crippen LogP contribution in [-0.4, -0.2) is 17.0 Å². The third-order valence-electron chi connectivity index (χ3n) is 2.08. The first-order valence-electron chi connectivity index (χ1n) is 4.58. The molecule has 1 fully saturated rings. The highest BCUT2D eigenvalue weighted by atomic mass is 16.5. The molecule has 76 valence electrons. The molecule has 1 aromatic heterocycles. The number of pyridine rings is 1. The van der Waals surface area contributed by atoms with Crippen LogP contribution in [0, 0.1) is 11.3 Å². The van der Waals surface area contributed by atoms with Crippen LogP contribution in [0.5, 0.6) is 5.75 Å². The van der Waals surface area contributed by atoms with Gasteiger partial charge in [-0.3, -0.25) is 4.79 Å². The second-order valence-corrected chi connectivity index (χ2v) is 3.33. The van der Waals surface area contributed by atoms with Crippen LogP contribution >= 0.6 is 0 Å². The Kier molecular flexibility index (Phi) is 2.26. The van der Waals surface area contributed by atoms with Crippen molar-refractivity contribution in [3.8, 4) is 11.8 Å². The van der Waals surface area contributed by atoms with Crippen molar-refractivity contribution in [2.24, 2.45) is 5.73 Å². The molecule has 0 radical (unpaired) electrons. The van der Waals surface area contributed by atoms with Gasteiger partial charge in [0.25, 0.3) is 5.91 Å². The Hall–Kier alpha value is -2.09. The molecule has 1 saturated carbocycles. The molecule has 0 atom stereocenters. The molecular weight excluding hydrogens is 194 g/mol. The zero-order valence-electron chi connectivity index (χ0n) is 7.93. The quantitative estimate of drug-likeness (QED) is 0.778. The van der Waals surface area contributed by atoms with Crippen molar-refractivity contribution < 1.29 is 9.53 Å². The number of hydrogen-bond donors (Lipinski definition) is 1. The van der Waals surface area contributed by atoms with Crippen LogP contribution < -0.4 is 10.5 Å². The van der Waals surface area contributed by atoms with Gasteiger partial charge < -0.3 is 10.5 Å². The third kappa shape index (κ3) is 1.89. The molecule has 0 aliphatic heterocycles. The standard InChI is InChI=1S/C10H9N3O2/c11-5-8-9(15-6-1-2-6)7(10(12)14)3-4-13-8/h3-4,6H,1-2H2,(H2,12,14). The summed E-state index contributed by atoms with van der Waals surface area (Å²) in [7, 11) is 0. The smallest absolute Gasteiger partial charge is 0.252 e. The van der Waals surface area contributed by atoms with Crippen LogP contribution in [0.2, 0.25) is 0 Å². The average molecular weight is 203 g/mol. The van der Waals surface area contributed by atoms with Crippen LogP contribution in [0.1, 0.15) is 28.9 Å². The SMILES string of the molecule is N#Cc1nccc(C(N)=O)c1OC1CC1. The number of nitrogens with zero attached hydrogens (tertiary/aromatic N) is 2. The maximum Gasteiger partial charge on any atom is 0.252 e. The summed E-state index contributed by atoms with van der Waals surface area (Å²) in [5.74, 6) is -0.389. The number of nitriles is 1. The summed E-state index contributed by atoms with van der Waals surface area (Å²) in [6.45, 7) is 0. The summed E-state index contributed by atoms with van der Waals surface area (Å²) >= 11 is 0. The fourth-order valence-electron chi connectivity index (χ4n) is 1.19. The first kappa shape index (κ1) is 9.46. The van der Waals surface area contributed by atoms with Crippen molar-refractivity contribution in [1.29, 1.82) is 5.26 Å². The fourth-order valence-corrected chi connectivity index (χ4v) is 1.19. The van der Waals surface area contributed by atoms with E-state index in [1.54, 1.807) is 0 Å². The highest BCUT2D eigenvalue weighted by Crippen LogP contribution is 2.30. The van der Waals surface area contributed by atoms with Gasteiger partial charge >= 0.3 is 0 Å². The Balaban J connectivity index is 2.44. The van der Waals surface area contributed by atoms with Gasteiger partial charge in [0.1, 0.15) is 6.07 Å². The van der Waals surface area contributed by atoms with Gasteiger partial charge in [-0.05, 0) is 18.9 Å². The van der Waals surface area contributed by atoms with Crippen molar-refractivity contribution in [3.05, 3.63) is 23.5 Å². The van der Waals surface area contributed by atoms with Gasteiger partial charge in [-0.25, -0.2) is 4.98 Å². The largest absolute Gasteiger partial charge is 0.487 e. The summed E-state index contributed by atoms with van der Waals surface area (Å²) in [6, 6.07) is 3.34. The number of nitrogens with two attached hydrogens (primary N) is 1. The second kappa shape index (κ2) is 3.58. The van der Waals surface area contributed by atoms with Gasteiger partial charge in [-0.2, -0.15) is 5.26 Å². The molecule has 1 aliphatic rings. The van der Waals surface area contributed by atoms with Crippen LogP contribution in [-0.2, 0) is 0 Å². The summed E-state index contributed by atoms with van der Waals surface area (Å²) in [5.41, 5.74) is 5.50.